The summed E-state index contributed by atoms with van der Waals surface area (Å²) in [5.74, 6) is 0.319. The molecule has 1 heterocycles. The number of likely N-dealkylation sites (N-methyl/N-ethyl adjacent to an activating group) is 1. The number of benzene rings is 2. The van der Waals surface area contributed by atoms with Crippen LogP contribution in [0, 0.1) is 0 Å². The van der Waals surface area contributed by atoms with Crippen molar-refractivity contribution in [1.29, 1.82) is 0 Å². The maximum absolute atomic E-state index is 12.9. The molecule has 0 radical (unpaired) electrons. The van der Waals surface area contributed by atoms with Crippen LogP contribution in [0.15, 0.2) is 59.6 Å². The molecule has 1 atom stereocenters. The Hall–Kier alpha value is -3.35. The SMILES string of the molecule is COc1ccccc1CN(C)C(=O)C1=NC(C)C(=O)N(c2ccccc2)N1. The van der Waals surface area contributed by atoms with E-state index in [2.05, 4.69) is 10.4 Å². The van der Waals surface area contributed by atoms with Crippen molar-refractivity contribution in [3.63, 3.8) is 0 Å². The smallest absolute Gasteiger partial charge is 0.290 e. The maximum atomic E-state index is 12.9. The molecule has 0 bridgehead atoms. The van der Waals surface area contributed by atoms with Crippen LogP contribution in [0.2, 0.25) is 0 Å². The fraction of sp³-hybridized carbons (Fsp3) is 0.250. The number of ether oxygens (including phenoxy) is 1. The Labute approximate surface area is 158 Å². The number of nitrogens with zero attached hydrogens (tertiary/aromatic N) is 3. The number of hydrogen-bond donors (Lipinski definition) is 1. The lowest BCUT2D eigenvalue weighted by molar-refractivity contribution is -0.124. The Morgan fingerprint density at radius 1 is 1.19 bits per heavy atom. The average molecular weight is 366 g/mol. The molecular formula is C20H22N4O3. The molecular weight excluding hydrogens is 344 g/mol. The number of aliphatic imine (C=N–C) groups is 1. The number of amides is 2. The first-order valence-electron chi connectivity index (χ1n) is 8.62. The van der Waals surface area contributed by atoms with Gasteiger partial charge < -0.3 is 9.64 Å². The largest absolute Gasteiger partial charge is 0.496 e. The van der Waals surface area contributed by atoms with Crippen LogP contribution >= 0.6 is 0 Å². The van der Waals surface area contributed by atoms with Gasteiger partial charge in [-0.15, -0.1) is 0 Å². The van der Waals surface area contributed by atoms with Gasteiger partial charge in [0.1, 0.15) is 11.8 Å². The number of hydrazine groups is 1. The van der Waals surface area contributed by atoms with E-state index in [0.717, 1.165) is 5.56 Å². The van der Waals surface area contributed by atoms with Crippen LogP contribution in [0.1, 0.15) is 12.5 Å². The summed E-state index contributed by atoms with van der Waals surface area (Å²) in [4.78, 5) is 31.1. The van der Waals surface area contributed by atoms with Crippen molar-refractivity contribution in [1.82, 2.24) is 10.3 Å². The fourth-order valence-corrected chi connectivity index (χ4v) is 2.84. The Balaban J connectivity index is 1.79. The molecule has 7 heteroatoms. The third-order valence-corrected chi connectivity index (χ3v) is 4.28. The zero-order valence-electron chi connectivity index (χ0n) is 15.5. The minimum Gasteiger partial charge on any atom is -0.496 e. The van der Waals surface area contributed by atoms with Gasteiger partial charge in [-0.05, 0) is 25.1 Å². The molecule has 0 spiro atoms. The van der Waals surface area contributed by atoms with Gasteiger partial charge in [-0.2, -0.15) is 0 Å². The van der Waals surface area contributed by atoms with E-state index in [0.29, 0.717) is 18.0 Å². The lowest BCUT2D eigenvalue weighted by Gasteiger charge is -2.31. The Bertz CT molecular complexity index is 867. The second-order valence-electron chi connectivity index (χ2n) is 6.25. The summed E-state index contributed by atoms with van der Waals surface area (Å²) in [6, 6.07) is 16.0. The van der Waals surface area contributed by atoms with E-state index < -0.39 is 6.04 Å². The van der Waals surface area contributed by atoms with Gasteiger partial charge in [-0.1, -0.05) is 36.4 Å². The van der Waals surface area contributed by atoms with Gasteiger partial charge in [0.05, 0.1) is 12.8 Å². The molecule has 1 aliphatic heterocycles. The lowest BCUT2D eigenvalue weighted by atomic mass is 10.2. The Morgan fingerprint density at radius 3 is 2.56 bits per heavy atom. The molecule has 1 aliphatic rings. The predicted molar refractivity (Wildman–Crippen MR) is 103 cm³/mol. The number of para-hydroxylation sites is 2. The molecule has 0 aliphatic carbocycles. The predicted octanol–water partition coefficient (Wildman–Crippen LogP) is 1.99. The highest BCUT2D eigenvalue weighted by atomic mass is 16.5. The highest BCUT2D eigenvalue weighted by Crippen LogP contribution is 2.20. The van der Waals surface area contributed by atoms with Crippen LogP contribution in [-0.2, 0) is 16.1 Å². The number of carbonyl (C=O) groups is 2. The second kappa shape index (κ2) is 7.90. The number of nitrogens with one attached hydrogen (secondary N) is 1. The molecule has 2 aromatic rings. The second-order valence-corrected chi connectivity index (χ2v) is 6.25. The molecule has 7 nitrogen and oxygen atoms in total. The highest BCUT2D eigenvalue weighted by Gasteiger charge is 2.31. The minimum atomic E-state index is -0.648. The zero-order valence-corrected chi connectivity index (χ0v) is 15.5. The maximum Gasteiger partial charge on any atom is 0.290 e. The van der Waals surface area contributed by atoms with Crippen molar-refractivity contribution in [2.75, 3.05) is 19.2 Å². The van der Waals surface area contributed by atoms with Crippen LogP contribution in [0.25, 0.3) is 0 Å². The normalized spacial score (nSPS) is 16.4. The molecule has 27 heavy (non-hydrogen) atoms. The van der Waals surface area contributed by atoms with Crippen molar-refractivity contribution in [2.24, 2.45) is 4.99 Å². The average Bonchev–Trinajstić information content (AvgIpc) is 2.70. The molecule has 0 fully saturated rings. The summed E-state index contributed by atoms with van der Waals surface area (Å²) in [7, 11) is 3.28. The van der Waals surface area contributed by atoms with E-state index in [1.165, 1.54) is 9.91 Å². The van der Waals surface area contributed by atoms with Gasteiger partial charge in [-0.3, -0.25) is 15.0 Å². The molecule has 2 aromatic carbocycles. The van der Waals surface area contributed by atoms with Crippen LogP contribution in [0.3, 0.4) is 0 Å². The summed E-state index contributed by atoms with van der Waals surface area (Å²) in [6.45, 7) is 2.03. The molecule has 0 saturated heterocycles. The topological polar surface area (TPSA) is 74.2 Å². The summed E-state index contributed by atoms with van der Waals surface area (Å²) in [5.41, 5.74) is 4.40. The summed E-state index contributed by atoms with van der Waals surface area (Å²) in [5, 5.41) is 1.36. The van der Waals surface area contributed by atoms with Gasteiger partial charge >= 0.3 is 0 Å². The van der Waals surface area contributed by atoms with Crippen LogP contribution < -0.4 is 15.2 Å². The first-order valence-corrected chi connectivity index (χ1v) is 8.62. The third kappa shape index (κ3) is 3.92. The van der Waals surface area contributed by atoms with Crippen molar-refractivity contribution >= 4 is 23.3 Å². The quantitative estimate of drug-likeness (QED) is 0.878. The van der Waals surface area contributed by atoms with Gasteiger partial charge in [0.15, 0.2) is 0 Å². The van der Waals surface area contributed by atoms with E-state index in [-0.39, 0.29) is 17.6 Å². The molecule has 140 valence electrons. The van der Waals surface area contributed by atoms with Gasteiger partial charge in [0.25, 0.3) is 11.8 Å². The van der Waals surface area contributed by atoms with Gasteiger partial charge in [0, 0.05) is 19.2 Å². The zero-order chi connectivity index (χ0) is 19.4. The first-order chi connectivity index (χ1) is 13.0. The van der Waals surface area contributed by atoms with E-state index in [1.807, 2.05) is 42.5 Å². The van der Waals surface area contributed by atoms with Gasteiger partial charge in [-0.25, -0.2) is 10.0 Å². The van der Waals surface area contributed by atoms with Crippen molar-refractivity contribution in [2.45, 2.75) is 19.5 Å². The van der Waals surface area contributed by atoms with Crippen LogP contribution in [-0.4, -0.2) is 42.7 Å². The summed E-state index contributed by atoms with van der Waals surface area (Å²) >= 11 is 0. The number of carbonyl (C=O) groups excluding carboxylic acids is 2. The molecule has 2 amide bonds. The third-order valence-electron chi connectivity index (χ3n) is 4.28. The summed E-state index contributed by atoms with van der Waals surface area (Å²) in [6.07, 6.45) is 0. The van der Waals surface area contributed by atoms with Crippen molar-refractivity contribution in [3.05, 3.63) is 60.2 Å². The molecule has 0 aromatic heterocycles. The fourth-order valence-electron chi connectivity index (χ4n) is 2.84. The van der Waals surface area contributed by atoms with Crippen molar-refractivity contribution < 1.29 is 14.3 Å². The van der Waals surface area contributed by atoms with E-state index in [4.69, 9.17) is 4.74 Å². The Morgan fingerprint density at radius 2 is 1.85 bits per heavy atom. The lowest BCUT2D eigenvalue weighted by Crippen LogP contribution is -2.58. The number of methoxy groups -OCH3 is 1. The van der Waals surface area contributed by atoms with E-state index >= 15 is 0 Å². The Kier molecular flexibility index (Phi) is 5.40. The first kappa shape index (κ1) is 18.4. The number of rotatable bonds is 5. The van der Waals surface area contributed by atoms with Crippen molar-refractivity contribution in [3.8, 4) is 5.75 Å². The summed E-state index contributed by atoms with van der Waals surface area (Å²) < 4.78 is 5.34. The van der Waals surface area contributed by atoms with Gasteiger partial charge in [0.2, 0.25) is 5.84 Å². The van der Waals surface area contributed by atoms with E-state index in [9.17, 15) is 9.59 Å². The van der Waals surface area contributed by atoms with E-state index in [1.54, 1.807) is 33.2 Å². The standard InChI is InChI=1S/C20H22N4O3/c1-14-19(25)24(16-10-5-4-6-11-16)22-18(21-14)20(26)23(2)13-15-9-7-8-12-17(15)27-3/h4-12,14H,13H2,1-3H3,(H,21,22). The minimum absolute atomic E-state index is 0.128. The number of amidine groups is 1. The van der Waals surface area contributed by atoms with Crippen LogP contribution in [0.4, 0.5) is 5.69 Å². The number of anilines is 1. The number of hydrogen-bond acceptors (Lipinski definition) is 5. The monoisotopic (exact) mass is 366 g/mol. The van der Waals surface area contributed by atoms with Crippen LogP contribution in [0.5, 0.6) is 5.75 Å². The molecule has 3 rings (SSSR count). The highest BCUT2D eigenvalue weighted by molar-refractivity contribution is 6.39. The molecule has 1 N–H and O–H groups in total. The molecule has 1 unspecified atom stereocenters. The molecule has 0 saturated carbocycles.